The third-order valence-electron chi connectivity index (χ3n) is 3.53. The lowest BCUT2D eigenvalue weighted by Crippen LogP contribution is -2.42. The predicted molar refractivity (Wildman–Crippen MR) is 114 cm³/mol. The lowest BCUT2D eigenvalue weighted by molar-refractivity contribution is 0.0957. The summed E-state index contributed by atoms with van der Waals surface area (Å²) in [5.74, 6) is 0.298. The predicted octanol–water partition coefficient (Wildman–Crippen LogP) is 2.65. The molecule has 0 bridgehead atoms. The van der Waals surface area contributed by atoms with Crippen LogP contribution in [0.2, 0.25) is 0 Å². The highest BCUT2D eigenvalue weighted by Crippen LogP contribution is 2.11. The van der Waals surface area contributed by atoms with Crippen LogP contribution in [0.1, 0.15) is 20.9 Å². The Hall–Kier alpha value is -1.75. The quantitative estimate of drug-likeness (QED) is 0.282. The highest BCUT2D eigenvalue weighted by molar-refractivity contribution is 14.0. The minimum absolute atomic E-state index is 0. The average molecular weight is 491 g/mol. The molecule has 1 aromatic carbocycles. The molecule has 1 amide bonds. The van der Waals surface area contributed by atoms with Gasteiger partial charge in [0, 0.05) is 33.7 Å². The van der Waals surface area contributed by atoms with Gasteiger partial charge < -0.3 is 15.5 Å². The number of aliphatic imine (C=N–C) groups is 1. The van der Waals surface area contributed by atoms with E-state index in [9.17, 15) is 9.18 Å². The molecule has 2 rings (SSSR count). The number of hydrogen-bond acceptors (Lipinski definition) is 4. The van der Waals surface area contributed by atoms with E-state index in [4.69, 9.17) is 0 Å². The highest BCUT2D eigenvalue weighted by Gasteiger charge is 2.11. The van der Waals surface area contributed by atoms with Crippen molar-refractivity contribution < 1.29 is 9.18 Å². The Morgan fingerprint density at radius 3 is 2.69 bits per heavy atom. The van der Waals surface area contributed by atoms with Crippen LogP contribution < -0.4 is 10.6 Å². The Kier molecular flexibility index (Phi) is 9.49. The molecule has 0 saturated carbocycles. The van der Waals surface area contributed by atoms with Crippen molar-refractivity contribution in [1.82, 2.24) is 20.5 Å². The first-order chi connectivity index (χ1) is 12.0. The largest absolute Gasteiger partial charge is 0.354 e. The molecule has 6 nitrogen and oxygen atoms in total. The van der Waals surface area contributed by atoms with E-state index in [0.717, 1.165) is 11.3 Å². The number of nitrogens with zero attached hydrogens (tertiary/aromatic N) is 3. The van der Waals surface area contributed by atoms with Crippen LogP contribution in [-0.4, -0.2) is 48.9 Å². The summed E-state index contributed by atoms with van der Waals surface area (Å²) >= 11 is 1.33. The first-order valence-electron chi connectivity index (χ1n) is 7.85. The number of guanidine groups is 1. The number of benzene rings is 1. The van der Waals surface area contributed by atoms with E-state index in [-0.39, 0.29) is 35.7 Å². The summed E-state index contributed by atoms with van der Waals surface area (Å²) in [6, 6.07) is 6.47. The number of aryl methyl sites for hydroxylation is 1. The molecule has 0 aliphatic rings. The summed E-state index contributed by atoms with van der Waals surface area (Å²) in [6.45, 7) is 3.34. The van der Waals surface area contributed by atoms with Gasteiger partial charge in [-0.2, -0.15) is 0 Å². The molecule has 0 spiro atoms. The molecule has 9 heteroatoms. The van der Waals surface area contributed by atoms with Crippen molar-refractivity contribution in [2.45, 2.75) is 13.5 Å². The van der Waals surface area contributed by atoms with Crippen molar-refractivity contribution in [3.63, 3.8) is 0 Å². The number of aromatic nitrogens is 1. The van der Waals surface area contributed by atoms with E-state index >= 15 is 0 Å². The standard InChI is InChI=1S/C17H22FN5OS.HI/c1-12-15(25-11-22-12)16(24)20-7-8-21-17(19-2)23(3)10-13-5-4-6-14(18)9-13;/h4-6,9,11H,7-8,10H2,1-3H3,(H,19,21)(H,20,24);1H. The van der Waals surface area contributed by atoms with E-state index in [2.05, 4.69) is 20.6 Å². The fourth-order valence-corrected chi connectivity index (χ4v) is 3.04. The first kappa shape index (κ1) is 22.3. The van der Waals surface area contributed by atoms with Crippen LogP contribution in [0, 0.1) is 12.7 Å². The molecular formula is C17H23FIN5OS. The average Bonchev–Trinajstić information content (AvgIpc) is 3.00. The molecule has 0 aliphatic heterocycles. The molecule has 142 valence electrons. The Balaban J connectivity index is 0.00000338. The van der Waals surface area contributed by atoms with E-state index in [1.54, 1.807) is 18.6 Å². The molecule has 0 fully saturated rings. The van der Waals surface area contributed by atoms with E-state index < -0.39 is 0 Å². The lowest BCUT2D eigenvalue weighted by Gasteiger charge is -2.22. The monoisotopic (exact) mass is 491 g/mol. The normalized spacial score (nSPS) is 10.8. The summed E-state index contributed by atoms with van der Waals surface area (Å²) in [4.78, 5) is 22.8. The van der Waals surface area contributed by atoms with Gasteiger partial charge in [-0.05, 0) is 24.6 Å². The van der Waals surface area contributed by atoms with E-state index in [0.29, 0.717) is 30.5 Å². The van der Waals surface area contributed by atoms with E-state index in [1.807, 2.05) is 24.9 Å². The second-order valence-corrected chi connectivity index (χ2v) is 6.34. The fourth-order valence-electron chi connectivity index (χ4n) is 2.32. The maximum atomic E-state index is 13.3. The van der Waals surface area contributed by atoms with Crippen molar-refractivity contribution >= 4 is 47.2 Å². The van der Waals surface area contributed by atoms with Crippen molar-refractivity contribution in [3.05, 3.63) is 51.7 Å². The summed E-state index contributed by atoms with van der Waals surface area (Å²) in [6.07, 6.45) is 0. The minimum atomic E-state index is -0.255. The van der Waals surface area contributed by atoms with Gasteiger partial charge in [-0.25, -0.2) is 9.37 Å². The van der Waals surface area contributed by atoms with Crippen LogP contribution in [0.5, 0.6) is 0 Å². The van der Waals surface area contributed by atoms with E-state index in [1.165, 1.54) is 23.5 Å². The molecule has 0 aliphatic carbocycles. The number of rotatable bonds is 6. The third kappa shape index (κ3) is 6.52. The van der Waals surface area contributed by atoms with Crippen molar-refractivity contribution in [2.24, 2.45) is 4.99 Å². The van der Waals surface area contributed by atoms with Gasteiger partial charge in [0.2, 0.25) is 0 Å². The van der Waals surface area contributed by atoms with Gasteiger partial charge in [-0.1, -0.05) is 12.1 Å². The maximum absolute atomic E-state index is 13.3. The van der Waals surface area contributed by atoms with Crippen LogP contribution in [-0.2, 0) is 6.54 Å². The topological polar surface area (TPSA) is 69.6 Å². The van der Waals surface area contributed by atoms with Crippen LogP contribution in [0.4, 0.5) is 4.39 Å². The molecule has 2 aromatic rings. The van der Waals surface area contributed by atoms with Gasteiger partial charge in [0.1, 0.15) is 10.7 Å². The zero-order chi connectivity index (χ0) is 18.2. The zero-order valence-corrected chi connectivity index (χ0v) is 18.1. The van der Waals surface area contributed by atoms with Crippen molar-refractivity contribution in [1.29, 1.82) is 0 Å². The van der Waals surface area contributed by atoms with Crippen molar-refractivity contribution in [3.8, 4) is 0 Å². The minimum Gasteiger partial charge on any atom is -0.354 e. The highest BCUT2D eigenvalue weighted by atomic mass is 127. The number of carbonyl (C=O) groups is 1. The molecule has 1 heterocycles. The molecular weight excluding hydrogens is 468 g/mol. The number of thiazole rings is 1. The van der Waals surface area contributed by atoms with Crippen LogP contribution >= 0.6 is 35.3 Å². The summed E-state index contributed by atoms with van der Waals surface area (Å²) in [5.41, 5.74) is 3.26. The van der Waals surface area contributed by atoms with Gasteiger partial charge in [-0.3, -0.25) is 9.79 Å². The molecule has 2 N–H and O–H groups in total. The number of hydrogen-bond donors (Lipinski definition) is 2. The van der Waals surface area contributed by atoms with Crippen LogP contribution in [0.25, 0.3) is 0 Å². The Labute approximate surface area is 173 Å². The molecule has 26 heavy (non-hydrogen) atoms. The number of nitrogens with one attached hydrogen (secondary N) is 2. The molecule has 1 aromatic heterocycles. The van der Waals surface area contributed by atoms with Gasteiger partial charge in [-0.15, -0.1) is 35.3 Å². The van der Waals surface area contributed by atoms with Crippen LogP contribution in [0.3, 0.4) is 0 Å². The second-order valence-electron chi connectivity index (χ2n) is 5.48. The molecule has 0 unspecified atom stereocenters. The Morgan fingerprint density at radius 1 is 1.35 bits per heavy atom. The fraction of sp³-hybridized carbons (Fsp3) is 0.353. The zero-order valence-electron chi connectivity index (χ0n) is 15.0. The molecule has 0 radical (unpaired) electrons. The number of carbonyl (C=O) groups excluding carboxylic acids is 1. The number of amides is 1. The third-order valence-corrected chi connectivity index (χ3v) is 4.45. The smallest absolute Gasteiger partial charge is 0.263 e. The Bertz CT molecular complexity index is 752. The molecule has 0 saturated heterocycles. The molecule has 0 atom stereocenters. The maximum Gasteiger partial charge on any atom is 0.263 e. The van der Waals surface area contributed by atoms with Crippen molar-refractivity contribution in [2.75, 3.05) is 27.2 Å². The van der Waals surface area contributed by atoms with Gasteiger partial charge in [0.15, 0.2) is 5.96 Å². The van der Waals surface area contributed by atoms with Gasteiger partial charge in [0.05, 0.1) is 11.2 Å². The second kappa shape index (κ2) is 11.1. The number of halogens is 2. The Morgan fingerprint density at radius 2 is 2.08 bits per heavy atom. The first-order valence-corrected chi connectivity index (χ1v) is 8.73. The SMILES string of the molecule is CN=C(NCCNC(=O)c1scnc1C)N(C)Cc1cccc(F)c1.I. The summed E-state index contributed by atoms with van der Waals surface area (Å²) in [7, 11) is 3.56. The summed E-state index contributed by atoms with van der Waals surface area (Å²) < 4.78 is 13.3. The van der Waals surface area contributed by atoms with Gasteiger partial charge >= 0.3 is 0 Å². The lowest BCUT2D eigenvalue weighted by atomic mass is 10.2. The van der Waals surface area contributed by atoms with Gasteiger partial charge in [0.25, 0.3) is 5.91 Å². The summed E-state index contributed by atoms with van der Waals surface area (Å²) in [5, 5.41) is 6.02. The van der Waals surface area contributed by atoms with Crippen LogP contribution in [0.15, 0.2) is 34.8 Å².